The van der Waals surface area contributed by atoms with Gasteiger partial charge in [-0.2, -0.15) is 0 Å². The van der Waals surface area contributed by atoms with Gasteiger partial charge in [-0.1, -0.05) is 36.4 Å². The molecule has 2 saturated heterocycles. The molecule has 2 amide bonds. The molecule has 148 valence electrons. The minimum atomic E-state index is -3.60. The molecule has 2 fully saturated rings. The summed E-state index contributed by atoms with van der Waals surface area (Å²) < 4.78 is 27.8. The summed E-state index contributed by atoms with van der Waals surface area (Å²) in [6.07, 6.45) is 1.21. The summed E-state index contributed by atoms with van der Waals surface area (Å²) in [5.41, 5.74) is 0.984. The van der Waals surface area contributed by atoms with Gasteiger partial charge in [-0.15, -0.1) is 11.3 Å². The number of amides is 2. The monoisotopic (exact) mass is 419 g/mol. The molecule has 4 rings (SSSR count). The molecule has 2 aliphatic rings. The average Bonchev–Trinajstić information content (AvgIpc) is 3.22. The van der Waals surface area contributed by atoms with E-state index in [1.165, 1.54) is 0 Å². The zero-order chi connectivity index (χ0) is 19.7. The van der Waals surface area contributed by atoms with Crippen molar-refractivity contribution in [2.45, 2.75) is 41.6 Å². The van der Waals surface area contributed by atoms with Crippen molar-refractivity contribution in [3.05, 3.63) is 53.4 Å². The summed E-state index contributed by atoms with van der Waals surface area (Å²) in [5, 5.41) is 4.53. The topological polar surface area (TPSA) is 95.6 Å². The van der Waals surface area contributed by atoms with Crippen LogP contribution >= 0.6 is 11.3 Å². The number of sulfonamides is 1. The number of carbonyl (C=O) groups excluding carboxylic acids is 2. The molecule has 0 radical (unpaired) electrons. The van der Waals surface area contributed by atoms with Gasteiger partial charge in [-0.25, -0.2) is 13.1 Å². The Hall–Kier alpha value is -2.23. The van der Waals surface area contributed by atoms with Crippen LogP contribution in [0, 0.1) is 0 Å². The third kappa shape index (κ3) is 3.82. The van der Waals surface area contributed by atoms with Crippen molar-refractivity contribution in [2.75, 3.05) is 6.54 Å². The largest absolute Gasteiger partial charge is 0.342 e. The van der Waals surface area contributed by atoms with Gasteiger partial charge in [-0.3, -0.25) is 9.59 Å². The van der Waals surface area contributed by atoms with E-state index in [4.69, 9.17) is 0 Å². The Labute approximate surface area is 167 Å². The molecule has 1 aromatic heterocycles. The number of carbonyl (C=O) groups is 2. The van der Waals surface area contributed by atoms with Crippen LogP contribution in [0.4, 0.5) is 0 Å². The smallest absolute Gasteiger partial charge is 0.250 e. The molecule has 28 heavy (non-hydrogen) atoms. The Kier molecular flexibility index (Phi) is 5.22. The summed E-state index contributed by atoms with van der Waals surface area (Å²) in [6, 6.07) is 11.2. The molecule has 9 heteroatoms. The Bertz CT molecular complexity index is 960. The van der Waals surface area contributed by atoms with Crippen LogP contribution in [0.25, 0.3) is 0 Å². The summed E-state index contributed by atoms with van der Waals surface area (Å²) in [6.45, 7) is 0.361. The predicted molar refractivity (Wildman–Crippen MR) is 105 cm³/mol. The Morgan fingerprint density at radius 1 is 1.14 bits per heavy atom. The highest BCUT2D eigenvalue weighted by atomic mass is 32.2. The van der Waals surface area contributed by atoms with E-state index in [1.54, 1.807) is 22.4 Å². The Balaban J connectivity index is 1.43. The van der Waals surface area contributed by atoms with E-state index in [2.05, 4.69) is 10.0 Å². The average molecular weight is 420 g/mol. The van der Waals surface area contributed by atoms with Crippen molar-refractivity contribution >= 4 is 33.2 Å². The first-order valence-corrected chi connectivity index (χ1v) is 11.5. The van der Waals surface area contributed by atoms with Gasteiger partial charge in [0.25, 0.3) is 0 Å². The van der Waals surface area contributed by atoms with Crippen LogP contribution in [-0.4, -0.2) is 49.8 Å². The second kappa shape index (κ2) is 7.65. The summed E-state index contributed by atoms with van der Waals surface area (Å²) in [7, 11) is -3.60. The summed E-state index contributed by atoms with van der Waals surface area (Å²) >= 11 is 1.15. The zero-order valence-electron chi connectivity index (χ0n) is 15.1. The molecule has 0 saturated carbocycles. The van der Waals surface area contributed by atoms with Crippen LogP contribution < -0.4 is 10.0 Å². The number of benzene rings is 1. The Morgan fingerprint density at radius 2 is 1.93 bits per heavy atom. The first-order valence-electron chi connectivity index (χ1n) is 9.14. The van der Waals surface area contributed by atoms with Gasteiger partial charge in [0, 0.05) is 19.0 Å². The number of piperazine rings is 1. The molecular formula is C19H21N3O4S2. The number of rotatable bonds is 5. The third-order valence-corrected chi connectivity index (χ3v) is 8.09. The molecule has 0 spiro atoms. The van der Waals surface area contributed by atoms with Gasteiger partial charge in [0.2, 0.25) is 21.8 Å². The number of piperidine rings is 1. The van der Waals surface area contributed by atoms with Crippen molar-refractivity contribution in [1.29, 1.82) is 0 Å². The zero-order valence-corrected chi connectivity index (χ0v) is 16.7. The number of nitrogens with one attached hydrogen (secondary N) is 2. The minimum absolute atomic E-state index is 0.104. The lowest BCUT2D eigenvalue weighted by molar-refractivity contribution is -0.151. The highest BCUT2D eigenvalue weighted by Gasteiger charge is 2.44. The van der Waals surface area contributed by atoms with E-state index in [1.807, 2.05) is 30.3 Å². The standard InChI is InChI=1S/C19H21N3O4S2/c23-18-16-12-14(21-28(25,26)17-7-4-10-27-17)8-9-22(16)19(24)15(20-18)11-13-5-2-1-3-6-13/h1-7,10,14-16,21H,8-9,11-12H2,(H,20,23)/t14-,15?,16-/m0/s1. The maximum atomic E-state index is 12.9. The van der Waals surface area contributed by atoms with E-state index < -0.39 is 22.1 Å². The molecule has 1 aromatic carbocycles. The van der Waals surface area contributed by atoms with Crippen molar-refractivity contribution in [3.8, 4) is 0 Å². The number of thiophene rings is 1. The van der Waals surface area contributed by atoms with Gasteiger partial charge < -0.3 is 10.2 Å². The van der Waals surface area contributed by atoms with Crippen molar-refractivity contribution in [1.82, 2.24) is 14.9 Å². The number of fused-ring (bicyclic) bond motifs is 1. The summed E-state index contributed by atoms with van der Waals surface area (Å²) in [5.74, 6) is -0.325. The molecule has 0 aliphatic carbocycles. The molecule has 7 nitrogen and oxygen atoms in total. The summed E-state index contributed by atoms with van der Waals surface area (Å²) in [4.78, 5) is 27.1. The van der Waals surface area contributed by atoms with Gasteiger partial charge in [-0.05, 0) is 29.9 Å². The fraction of sp³-hybridized carbons (Fsp3) is 0.368. The van der Waals surface area contributed by atoms with Crippen molar-refractivity contribution < 1.29 is 18.0 Å². The fourth-order valence-corrected chi connectivity index (χ4v) is 6.09. The maximum absolute atomic E-state index is 12.9. The molecule has 3 atom stereocenters. The molecule has 1 unspecified atom stereocenters. The minimum Gasteiger partial charge on any atom is -0.342 e. The predicted octanol–water partition coefficient (Wildman–Crippen LogP) is 1.13. The van der Waals surface area contributed by atoms with Crippen molar-refractivity contribution in [2.24, 2.45) is 0 Å². The van der Waals surface area contributed by atoms with Gasteiger partial charge >= 0.3 is 0 Å². The van der Waals surface area contributed by atoms with Crippen LogP contribution in [0.1, 0.15) is 18.4 Å². The van der Waals surface area contributed by atoms with Crippen LogP contribution in [0.2, 0.25) is 0 Å². The van der Waals surface area contributed by atoms with Crippen LogP contribution in [0.15, 0.2) is 52.1 Å². The molecule has 2 N–H and O–H groups in total. The second-order valence-corrected chi connectivity index (χ2v) is 9.96. The second-order valence-electron chi connectivity index (χ2n) is 7.07. The number of hydrogen-bond donors (Lipinski definition) is 2. The SMILES string of the molecule is O=C1NC(Cc2ccccc2)C(=O)N2CC[C@H](NS(=O)(=O)c3cccs3)C[C@@H]12. The van der Waals surface area contributed by atoms with Crippen molar-refractivity contribution in [3.63, 3.8) is 0 Å². The molecule has 2 aliphatic heterocycles. The van der Waals surface area contributed by atoms with E-state index in [9.17, 15) is 18.0 Å². The lowest BCUT2D eigenvalue weighted by Crippen LogP contribution is -2.67. The molecular weight excluding hydrogens is 398 g/mol. The lowest BCUT2D eigenvalue weighted by atomic mass is 9.92. The van der Waals surface area contributed by atoms with E-state index in [0.29, 0.717) is 19.4 Å². The maximum Gasteiger partial charge on any atom is 0.250 e. The highest BCUT2D eigenvalue weighted by molar-refractivity contribution is 7.91. The Morgan fingerprint density at radius 3 is 2.64 bits per heavy atom. The number of hydrogen-bond acceptors (Lipinski definition) is 5. The van der Waals surface area contributed by atoms with Crippen LogP contribution in [0.3, 0.4) is 0 Å². The molecule has 2 aromatic rings. The van der Waals surface area contributed by atoms with E-state index in [0.717, 1.165) is 16.9 Å². The lowest BCUT2D eigenvalue weighted by Gasteiger charge is -2.44. The molecule has 3 heterocycles. The van der Waals surface area contributed by atoms with E-state index >= 15 is 0 Å². The molecule has 0 bridgehead atoms. The van der Waals surface area contributed by atoms with Crippen LogP contribution in [-0.2, 0) is 26.0 Å². The van der Waals surface area contributed by atoms with Gasteiger partial charge in [0.05, 0.1) is 0 Å². The quantitative estimate of drug-likeness (QED) is 0.759. The van der Waals surface area contributed by atoms with Gasteiger partial charge in [0.1, 0.15) is 16.3 Å². The first kappa shape index (κ1) is 19.1. The first-order chi connectivity index (χ1) is 13.4. The third-order valence-electron chi connectivity index (χ3n) is 5.17. The number of nitrogens with zero attached hydrogens (tertiary/aromatic N) is 1. The van der Waals surface area contributed by atoms with E-state index in [-0.39, 0.29) is 28.5 Å². The fourth-order valence-electron chi connectivity index (χ4n) is 3.80. The normalized spacial score (nSPS) is 25.3. The van der Waals surface area contributed by atoms with Crippen LogP contribution in [0.5, 0.6) is 0 Å². The highest BCUT2D eigenvalue weighted by Crippen LogP contribution is 2.25. The van der Waals surface area contributed by atoms with Gasteiger partial charge in [0.15, 0.2) is 0 Å².